The van der Waals surface area contributed by atoms with Crippen molar-refractivity contribution in [1.29, 1.82) is 5.26 Å². The van der Waals surface area contributed by atoms with Gasteiger partial charge < -0.3 is 10.3 Å². The minimum absolute atomic E-state index is 0.425. The van der Waals surface area contributed by atoms with Gasteiger partial charge >= 0.3 is 0 Å². The van der Waals surface area contributed by atoms with E-state index in [1.165, 1.54) is 32.1 Å². The number of nitrogens with zero attached hydrogens (tertiary/aromatic N) is 3. The molecule has 4 heteroatoms. The number of nitriles is 1. The zero-order valence-electron chi connectivity index (χ0n) is 11.7. The Hall–Kier alpha value is -2.02. The van der Waals surface area contributed by atoms with E-state index in [2.05, 4.69) is 15.6 Å². The van der Waals surface area contributed by atoms with Gasteiger partial charge in [-0.1, -0.05) is 32.1 Å². The Morgan fingerprint density at radius 1 is 1.15 bits per heavy atom. The molecule has 0 bridgehead atoms. The van der Waals surface area contributed by atoms with E-state index >= 15 is 0 Å². The molecule has 1 aliphatic rings. The fourth-order valence-electron chi connectivity index (χ4n) is 3.26. The second kappa shape index (κ2) is 5.54. The van der Waals surface area contributed by atoms with Crippen molar-refractivity contribution < 1.29 is 0 Å². The fourth-order valence-corrected chi connectivity index (χ4v) is 3.26. The summed E-state index contributed by atoms with van der Waals surface area (Å²) in [6.07, 6.45) is 8.80. The zero-order valence-corrected chi connectivity index (χ0v) is 11.7. The Balaban J connectivity index is 2.04. The number of imidazole rings is 1. The molecular weight excluding hydrogens is 248 g/mol. The van der Waals surface area contributed by atoms with Crippen LogP contribution >= 0.6 is 0 Å². The second-order valence-electron chi connectivity index (χ2n) is 5.65. The van der Waals surface area contributed by atoms with Crippen LogP contribution in [0.15, 0.2) is 18.2 Å². The van der Waals surface area contributed by atoms with E-state index in [0.29, 0.717) is 17.6 Å². The number of hydrogen-bond donors (Lipinski definition) is 1. The molecule has 0 spiro atoms. The lowest BCUT2D eigenvalue weighted by Crippen LogP contribution is -2.13. The van der Waals surface area contributed by atoms with Gasteiger partial charge in [-0.3, -0.25) is 0 Å². The van der Waals surface area contributed by atoms with E-state index < -0.39 is 0 Å². The molecule has 0 unspecified atom stereocenters. The van der Waals surface area contributed by atoms with Gasteiger partial charge in [0.25, 0.3) is 0 Å². The molecule has 2 aromatic rings. The zero-order chi connectivity index (χ0) is 13.9. The summed E-state index contributed by atoms with van der Waals surface area (Å²) in [6, 6.07) is 8.23. The van der Waals surface area contributed by atoms with Crippen molar-refractivity contribution in [2.75, 3.05) is 5.73 Å². The van der Waals surface area contributed by atoms with E-state index in [-0.39, 0.29) is 0 Å². The molecule has 1 aliphatic carbocycles. The molecule has 2 N–H and O–H groups in total. The van der Waals surface area contributed by atoms with Gasteiger partial charge in [-0.15, -0.1) is 0 Å². The highest BCUT2D eigenvalue weighted by Gasteiger charge is 2.19. The summed E-state index contributed by atoms with van der Waals surface area (Å²) in [7, 11) is 0. The van der Waals surface area contributed by atoms with Crippen LogP contribution in [0.3, 0.4) is 0 Å². The van der Waals surface area contributed by atoms with Gasteiger partial charge in [-0.2, -0.15) is 5.26 Å². The predicted octanol–water partition coefficient (Wildman–Crippen LogP) is 3.78. The van der Waals surface area contributed by atoms with Gasteiger partial charge in [0.1, 0.15) is 0 Å². The van der Waals surface area contributed by atoms with Gasteiger partial charge in [0.2, 0.25) is 5.95 Å². The maximum atomic E-state index is 9.08. The van der Waals surface area contributed by atoms with Gasteiger partial charge in [0, 0.05) is 6.04 Å². The molecule has 1 aromatic heterocycles. The van der Waals surface area contributed by atoms with Crippen LogP contribution in [-0.2, 0) is 0 Å². The van der Waals surface area contributed by atoms with Gasteiger partial charge in [-0.05, 0) is 31.0 Å². The number of hydrogen-bond acceptors (Lipinski definition) is 3. The van der Waals surface area contributed by atoms with Crippen LogP contribution in [-0.4, -0.2) is 9.55 Å². The summed E-state index contributed by atoms with van der Waals surface area (Å²) in [5, 5.41) is 9.08. The van der Waals surface area contributed by atoms with Crippen molar-refractivity contribution >= 4 is 17.0 Å². The number of aromatic nitrogens is 2. The van der Waals surface area contributed by atoms with Crippen molar-refractivity contribution in [3.63, 3.8) is 0 Å². The Bertz CT molecular complexity index is 642. The maximum Gasteiger partial charge on any atom is 0.201 e. The second-order valence-corrected chi connectivity index (χ2v) is 5.65. The van der Waals surface area contributed by atoms with Gasteiger partial charge in [0.15, 0.2) is 0 Å². The van der Waals surface area contributed by atoms with Crippen LogP contribution < -0.4 is 5.73 Å². The first kappa shape index (κ1) is 13.0. The molecule has 1 aromatic carbocycles. The summed E-state index contributed by atoms with van der Waals surface area (Å²) < 4.78 is 2.15. The summed E-state index contributed by atoms with van der Waals surface area (Å²) in [5.41, 5.74) is 8.70. The highest BCUT2D eigenvalue weighted by molar-refractivity contribution is 5.80. The molecule has 0 radical (unpaired) electrons. The largest absolute Gasteiger partial charge is 0.369 e. The SMILES string of the molecule is N#Cc1ccc2nc(N)n(C3CCCCCCC3)c2c1. The monoisotopic (exact) mass is 268 g/mol. The molecule has 1 fully saturated rings. The Morgan fingerprint density at radius 2 is 1.85 bits per heavy atom. The first-order valence-electron chi connectivity index (χ1n) is 7.47. The third-order valence-electron chi connectivity index (χ3n) is 4.29. The number of nitrogen functional groups attached to an aromatic ring is 1. The molecule has 20 heavy (non-hydrogen) atoms. The summed E-state index contributed by atoms with van der Waals surface area (Å²) in [6.45, 7) is 0. The number of nitrogens with two attached hydrogens (primary N) is 1. The summed E-state index contributed by atoms with van der Waals surface area (Å²) in [4.78, 5) is 4.45. The van der Waals surface area contributed by atoms with Gasteiger partial charge in [-0.25, -0.2) is 4.98 Å². The minimum atomic E-state index is 0.425. The molecular formula is C16H20N4. The van der Waals surface area contributed by atoms with E-state index in [1.807, 2.05) is 12.1 Å². The van der Waals surface area contributed by atoms with E-state index in [4.69, 9.17) is 11.0 Å². The molecule has 1 heterocycles. The number of rotatable bonds is 1. The molecule has 0 atom stereocenters. The van der Waals surface area contributed by atoms with Crippen molar-refractivity contribution in [2.24, 2.45) is 0 Å². The topological polar surface area (TPSA) is 67.6 Å². The van der Waals surface area contributed by atoms with Crippen LogP contribution in [0.2, 0.25) is 0 Å². The highest BCUT2D eigenvalue weighted by atomic mass is 15.2. The standard InChI is InChI=1S/C16H20N4/c17-11-12-8-9-14-15(10-12)20(16(18)19-14)13-6-4-2-1-3-5-7-13/h8-10,13H,1-7H2,(H2,18,19). The molecule has 4 nitrogen and oxygen atoms in total. The quantitative estimate of drug-likeness (QED) is 0.855. The molecule has 3 rings (SSSR count). The van der Waals surface area contributed by atoms with Crippen LogP contribution in [0, 0.1) is 11.3 Å². The van der Waals surface area contributed by atoms with E-state index in [1.54, 1.807) is 6.07 Å². The Labute approximate surface area is 119 Å². The third-order valence-corrected chi connectivity index (χ3v) is 4.29. The number of benzene rings is 1. The van der Waals surface area contributed by atoms with Crippen LogP contribution in [0.5, 0.6) is 0 Å². The summed E-state index contributed by atoms with van der Waals surface area (Å²) in [5.74, 6) is 0.584. The number of anilines is 1. The van der Waals surface area contributed by atoms with E-state index in [0.717, 1.165) is 23.9 Å². The molecule has 1 saturated carbocycles. The highest BCUT2D eigenvalue weighted by Crippen LogP contribution is 2.32. The molecule has 0 amide bonds. The van der Waals surface area contributed by atoms with Crippen LogP contribution in [0.1, 0.15) is 56.6 Å². The smallest absolute Gasteiger partial charge is 0.201 e. The predicted molar refractivity (Wildman–Crippen MR) is 80.2 cm³/mol. The van der Waals surface area contributed by atoms with E-state index in [9.17, 15) is 0 Å². The first-order chi connectivity index (χ1) is 9.79. The Kier molecular flexibility index (Phi) is 3.60. The maximum absolute atomic E-state index is 9.08. The lowest BCUT2D eigenvalue weighted by atomic mass is 9.96. The fraction of sp³-hybridized carbons (Fsp3) is 0.500. The average molecular weight is 268 g/mol. The van der Waals surface area contributed by atoms with Crippen molar-refractivity contribution in [3.8, 4) is 6.07 Å². The summed E-state index contributed by atoms with van der Waals surface area (Å²) >= 11 is 0. The molecule has 0 saturated heterocycles. The van der Waals surface area contributed by atoms with Crippen molar-refractivity contribution in [3.05, 3.63) is 23.8 Å². The lowest BCUT2D eigenvalue weighted by molar-refractivity contribution is 0.381. The number of fused-ring (bicyclic) bond motifs is 1. The first-order valence-corrected chi connectivity index (χ1v) is 7.47. The Morgan fingerprint density at radius 3 is 2.55 bits per heavy atom. The van der Waals surface area contributed by atoms with Crippen molar-refractivity contribution in [1.82, 2.24) is 9.55 Å². The molecule has 104 valence electrons. The van der Waals surface area contributed by atoms with Crippen LogP contribution in [0.25, 0.3) is 11.0 Å². The minimum Gasteiger partial charge on any atom is -0.369 e. The average Bonchev–Trinajstić information content (AvgIpc) is 2.74. The van der Waals surface area contributed by atoms with Gasteiger partial charge in [0.05, 0.1) is 22.7 Å². The normalized spacial score (nSPS) is 17.6. The van der Waals surface area contributed by atoms with Crippen LogP contribution in [0.4, 0.5) is 5.95 Å². The lowest BCUT2D eigenvalue weighted by Gasteiger charge is -2.22. The van der Waals surface area contributed by atoms with Crippen molar-refractivity contribution in [2.45, 2.75) is 51.0 Å². The molecule has 0 aliphatic heterocycles. The third kappa shape index (κ3) is 2.36.